The summed E-state index contributed by atoms with van der Waals surface area (Å²) in [4.78, 5) is 7.27. The second-order valence-corrected chi connectivity index (χ2v) is 10.5. The number of hydrogen-bond donors (Lipinski definition) is 0. The zero-order chi connectivity index (χ0) is 25.5. The number of aromatic nitrogens is 5. The maximum Gasteiger partial charge on any atom is 0.0960 e. The fourth-order valence-electron chi connectivity index (χ4n) is 6.01. The summed E-state index contributed by atoms with van der Waals surface area (Å²) in [5.74, 6) is 0.469. The van der Waals surface area contributed by atoms with Gasteiger partial charge in [-0.05, 0) is 63.0 Å². The van der Waals surface area contributed by atoms with Crippen LogP contribution in [-0.2, 0) is 18.3 Å². The molecule has 0 radical (unpaired) electrons. The fourth-order valence-corrected chi connectivity index (χ4v) is 6.01. The molecule has 4 heterocycles. The fraction of sp³-hybridized carbons (Fsp3) is 0.367. The maximum absolute atomic E-state index is 5.79. The van der Waals surface area contributed by atoms with Crippen molar-refractivity contribution in [3.63, 3.8) is 0 Å². The van der Waals surface area contributed by atoms with E-state index >= 15 is 0 Å². The van der Waals surface area contributed by atoms with Gasteiger partial charge < -0.3 is 14.2 Å². The summed E-state index contributed by atoms with van der Waals surface area (Å²) in [7, 11) is 6.18. The Kier molecular flexibility index (Phi) is 6.26. The van der Waals surface area contributed by atoms with Gasteiger partial charge in [-0.25, -0.2) is 4.68 Å². The summed E-state index contributed by atoms with van der Waals surface area (Å²) < 4.78 is 10.2. The molecule has 0 N–H and O–H groups in total. The van der Waals surface area contributed by atoms with Crippen molar-refractivity contribution in [3.05, 3.63) is 77.6 Å². The average molecular weight is 495 g/mol. The van der Waals surface area contributed by atoms with Gasteiger partial charge in [-0.15, -0.1) is 5.10 Å². The lowest BCUT2D eigenvalue weighted by atomic mass is 9.86. The Morgan fingerprint density at radius 3 is 2.51 bits per heavy atom. The zero-order valence-corrected chi connectivity index (χ0v) is 22.1. The number of rotatable bonds is 6. The summed E-state index contributed by atoms with van der Waals surface area (Å²) in [6.45, 7) is 4.51. The monoisotopic (exact) mass is 494 g/mol. The van der Waals surface area contributed by atoms with Gasteiger partial charge in [0.25, 0.3) is 0 Å². The highest BCUT2D eigenvalue weighted by atomic mass is 16.5. The van der Waals surface area contributed by atoms with E-state index in [4.69, 9.17) is 9.72 Å². The van der Waals surface area contributed by atoms with E-state index in [-0.39, 0.29) is 6.04 Å². The Morgan fingerprint density at radius 1 is 1.03 bits per heavy atom. The summed E-state index contributed by atoms with van der Waals surface area (Å²) in [6.07, 6.45) is 4.05. The molecule has 1 saturated heterocycles. The first-order valence-corrected chi connectivity index (χ1v) is 13.1. The third kappa shape index (κ3) is 4.32. The quantitative estimate of drug-likeness (QED) is 0.318. The van der Waals surface area contributed by atoms with Crippen LogP contribution in [0.4, 0.5) is 0 Å². The van der Waals surface area contributed by atoms with Crippen LogP contribution >= 0.6 is 0 Å². The van der Waals surface area contributed by atoms with Gasteiger partial charge in [0.05, 0.1) is 34.0 Å². The first-order chi connectivity index (χ1) is 18.0. The van der Waals surface area contributed by atoms with E-state index in [2.05, 4.69) is 88.5 Å². The molecule has 0 bridgehead atoms. The van der Waals surface area contributed by atoms with Gasteiger partial charge in [0, 0.05) is 44.0 Å². The van der Waals surface area contributed by atoms with Gasteiger partial charge in [-0.3, -0.25) is 4.98 Å². The number of ether oxygens (including phenoxy) is 1. The Hall–Kier alpha value is -3.55. The number of benzene rings is 2. The molecule has 0 unspecified atom stereocenters. The lowest BCUT2D eigenvalue weighted by Crippen LogP contribution is -2.27. The number of nitrogens with zero attached hydrogens (tertiary/aromatic N) is 6. The molecule has 2 aromatic carbocycles. The van der Waals surface area contributed by atoms with Crippen LogP contribution in [0.25, 0.3) is 33.2 Å². The Labute approximate surface area is 217 Å². The molecular formula is C30H34N6O. The van der Waals surface area contributed by atoms with Gasteiger partial charge in [0.2, 0.25) is 0 Å². The van der Waals surface area contributed by atoms with Crippen molar-refractivity contribution < 1.29 is 4.74 Å². The smallest absolute Gasteiger partial charge is 0.0960 e. The lowest BCUT2D eigenvalue weighted by molar-refractivity contribution is 0.0553. The van der Waals surface area contributed by atoms with Gasteiger partial charge in [-0.1, -0.05) is 47.7 Å². The van der Waals surface area contributed by atoms with Crippen LogP contribution < -0.4 is 0 Å². The van der Waals surface area contributed by atoms with Gasteiger partial charge in [0.15, 0.2) is 0 Å². The van der Waals surface area contributed by atoms with Crippen LogP contribution in [0.5, 0.6) is 0 Å². The molecule has 0 spiro atoms. The molecule has 5 aromatic rings. The normalized spacial score (nSPS) is 15.7. The van der Waals surface area contributed by atoms with Crippen LogP contribution in [0.2, 0.25) is 0 Å². The van der Waals surface area contributed by atoms with E-state index in [0.717, 1.165) is 60.6 Å². The van der Waals surface area contributed by atoms with Gasteiger partial charge >= 0.3 is 0 Å². The Morgan fingerprint density at radius 2 is 1.81 bits per heavy atom. The van der Waals surface area contributed by atoms with Crippen molar-refractivity contribution in [2.24, 2.45) is 13.0 Å². The van der Waals surface area contributed by atoms with Crippen molar-refractivity contribution in [2.75, 3.05) is 27.3 Å². The molecule has 1 atom stereocenters. The molecule has 190 valence electrons. The first kappa shape index (κ1) is 23.8. The minimum atomic E-state index is 0.183. The number of hydrogen-bond acceptors (Lipinski definition) is 5. The van der Waals surface area contributed by atoms with E-state index in [1.54, 1.807) is 0 Å². The predicted octanol–water partition coefficient (Wildman–Crippen LogP) is 5.37. The molecule has 0 aliphatic carbocycles. The maximum atomic E-state index is 5.79. The highest BCUT2D eigenvalue weighted by Gasteiger charge is 2.30. The molecule has 1 aliphatic heterocycles. The highest BCUT2D eigenvalue weighted by molar-refractivity contribution is 6.07. The van der Waals surface area contributed by atoms with Crippen LogP contribution in [-0.4, -0.2) is 56.8 Å². The second-order valence-electron chi connectivity index (χ2n) is 10.5. The van der Waals surface area contributed by atoms with Crippen LogP contribution in [0.15, 0.2) is 60.8 Å². The highest BCUT2D eigenvalue weighted by Crippen LogP contribution is 2.41. The third-order valence-electron chi connectivity index (χ3n) is 7.60. The molecule has 0 amide bonds. The standard InChI is InChI=1S/C30H34N6O/c1-20-29(35(4)33-32-20)24-17-27-28(31-18-24)25-11-10-21(19-34(2)3)16-26(25)36(27)30(22-8-6-5-7-9-22)23-12-14-37-15-13-23/h5-11,16-18,23,30H,12-15,19H2,1-4H3/t30-/m1/s1. The predicted molar refractivity (Wildman–Crippen MR) is 147 cm³/mol. The van der Waals surface area contributed by atoms with E-state index in [1.165, 1.54) is 22.0 Å². The minimum absolute atomic E-state index is 0.183. The van der Waals surface area contributed by atoms with E-state index in [0.29, 0.717) is 5.92 Å². The van der Waals surface area contributed by atoms with Crippen molar-refractivity contribution >= 4 is 21.9 Å². The summed E-state index contributed by atoms with van der Waals surface area (Å²) in [5, 5.41) is 9.73. The van der Waals surface area contributed by atoms with Crippen molar-refractivity contribution in [2.45, 2.75) is 32.4 Å². The van der Waals surface area contributed by atoms with Gasteiger partial charge in [-0.2, -0.15) is 0 Å². The Balaban J connectivity index is 1.66. The molecular weight excluding hydrogens is 460 g/mol. The molecule has 1 aliphatic rings. The topological polar surface area (TPSA) is 61.0 Å². The molecule has 0 saturated carbocycles. The molecule has 1 fully saturated rings. The van der Waals surface area contributed by atoms with Gasteiger partial charge in [0.1, 0.15) is 0 Å². The summed E-state index contributed by atoms with van der Waals surface area (Å²) in [6, 6.07) is 20.3. The SMILES string of the molecule is Cc1nnn(C)c1-c1cnc2c3ccc(CN(C)C)cc3n([C@H](c3ccccc3)C3CCOCC3)c2c1. The van der Waals surface area contributed by atoms with Crippen LogP contribution in [0.1, 0.15) is 35.7 Å². The number of pyridine rings is 1. The van der Waals surface area contributed by atoms with Crippen molar-refractivity contribution in [3.8, 4) is 11.3 Å². The summed E-state index contributed by atoms with van der Waals surface area (Å²) in [5.41, 5.74) is 8.99. The molecule has 6 rings (SSSR count). The van der Waals surface area contributed by atoms with Crippen molar-refractivity contribution in [1.29, 1.82) is 0 Å². The largest absolute Gasteiger partial charge is 0.381 e. The minimum Gasteiger partial charge on any atom is -0.381 e. The Bertz CT molecular complexity index is 1530. The molecule has 7 heteroatoms. The van der Waals surface area contributed by atoms with Crippen molar-refractivity contribution in [1.82, 2.24) is 29.4 Å². The van der Waals surface area contributed by atoms with E-state index in [1.807, 2.05) is 24.9 Å². The average Bonchev–Trinajstić information content (AvgIpc) is 3.41. The van der Waals surface area contributed by atoms with Crippen LogP contribution in [0, 0.1) is 12.8 Å². The lowest BCUT2D eigenvalue weighted by Gasteiger charge is -2.33. The second kappa shape index (κ2) is 9.72. The first-order valence-electron chi connectivity index (χ1n) is 13.1. The zero-order valence-electron chi connectivity index (χ0n) is 22.1. The summed E-state index contributed by atoms with van der Waals surface area (Å²) >= 11 is 0. The third-order valence-corrected chi connectivity index (χ3v) is 7.60. The van der Waals surface area contributed by atoms with Crippen LogP contribution in [0.3, 0.4) is 0 Å². The molecule has 7 nitrogen and oxygen atoms in total. The van der Waals surface area contributed by atoms with E-state index in [9.17, 15) is 0 Å². The number of fused-ring (bicyclic) bond motifs is 3. The molecule has 37 heavy (non-hydrogen) atoms. The van der Waals surface area contributed by atoms with E-state index < -0.39 is 0 Å². The number of aryl methyl sites for hydroxylation is 2. The molecule has 3 aromatic heterocycles.